The fourth-order valence-electron chi connectivity index (χ4n) is 4.70. The lowest BCUT2D eigenvalue weighted by molar-refractivity contribution is 0.0369. The summed E-state index contributed by atoms with van der Waals surface area (Å²) in [5, 5.41) is 9.16. The largest absolute Gasteiger partial charge is 0.463 e. The smallest absolute Gasteiger partial charge is 0.324 e. The van der Waals surface area contributed by atoms with Gasteiger partial charge in [0.25, 0.3) is 5.91 Å². The predicted molar refractivity (Wildman–Crippen MR) is 161 cm³/mol. The van der Waals surface area contributed by atoms with E-state index in [1.54, 1.807) is 40.3 Å². The molecule has 0 atom stereocenters. The number of nitrogens with zero attached hydrogens (tertiary/aromatic N) is 3. The van der Waals surface area contributed by atoms with Crippen LogP contribution in [0.1, 0.15) is 41.7 Å². The Balaban J connectivity index is 1.20. The van der Waals surface area contributed by atoms with Gasteiger partial charge in [-0.2, -0.15) is 0 Å². The van der Waals surface area contributed by atoms with Gasteiger partial charge in [0, 0.05) is 43.1 Å². The van der Waals surface area contributed by atoms with E-state index in [1.165, 1.54) is 17.6 Å². The molecule has 2 aromatic heterocycles. The fourth-order valence-corrected chi connectivity index (χ4v) is 5.37. The molecular formula is C30H36N6O5S. The summed E-state index contributed by atoms with van der Waals surface area (Å²) < 4.78 is 16.9. The van der Waals surface area contributed by atoms with Crippen LogP contribution in [0.2, 0.25) is 0 Å². The molecule has 0 saturated carbocycles. The van der Waals surface area contributed by atoms with Gasteiger partial charge in [-0.05, 0) is 49.4 Å². The first-order chi connectivity index (χ1) is 20.5. The van der Waals surface area contributed by atoms with Gasteiger partial charge in [-0.1, -0.05) is 24.3 Å². The second-order valence-corrected chi connectivity index (χ2v) is 10.9. The number of ether oxygens (including phenoxy) is 3. The van der Waals surface area contributed by atoms with Gasteiger partial charge in [0.05, 0.1) is 24.6 Å². The molecule has 2 aliphatic heterocycles. The van der Waals surface area contributed by atoms with Gasteiger partial charge in [-0.15, -0.1) is 11.3 Å². The Morgan fingerprint density at radius 2 is 2.00 bits per heavy atom. The van der Waals surface area contributed by atoms with E-state index < -0.39 is 0 Å². The zero-order valence-corrected chi connectivity index (χ0v) is 24.2. The standard InChI is InChI=1S/C30H36N6O5S/c31-24-20-42-21-26(24)33-29(37)25-9-8-22(16-32-25)17-36(11-5-4-10-35-12-14-39-15-13-35)30(38)34-28-19-40-18-27(41-28)23-6-2-1-3-7-23/h1-2,6,8-9,16,18-21H,3-5,7,10-15,17,31H2,(H,33,37)(H,34,38). The normalized spacial score (nSPS) is 16.8. The Hall–Kier alpha value is -4.13. The van der Waals surface area contributed by atoms with Crippen LogP contribution in [0.15, 0.2) is 77.1 Å². The maximum Gasteiger partial charge on any atom is 0.324 e. The highest BCUT2D eigenvalue weighted by molar-refractivity contribution is 7.09. The highest BCUT2D eigenvalue weighted by atomic mass is 32.1. The summed E-state index contributed by atoms with van der Waals surface area (Å²) in [5.74, 6) is 0.457. The van der Waals surface area contributed by atoms with Crippen LogP contribution in [0.4, 0.5) is 16.2 Å². The molecular weight excluding hydrogens is 556 g/mol. The van der Waals surface area contributed by atoms with Crippen LogP contribution in [0.3, 0.4) is 0 Å². The zero-order chi connectivity index (χ0) is 29.1. The van der Waals surface area contributed by atoms with Crippen LogP contribution in [0, 0.1) is 0 Å². The number of thiophene rings is 1. The number of nitrogen functional groups attached to an aromatic ring is 1. The predicted octanol–water partition coefficient (Wildman–Crippen LogP) is 4.57. The molecule has 0 spiro atoms. The molecule has 1 fully saturated rings. The number of nitrogens with two attached hydrogens (primary N) is 1. The van der Waals surface area contributed by atoms with Crippen LogP contribution >= 0.6 is 11.3 Å². The number of amides is 3. The number of unbranched alkanes of at least 4 members (excludes halogenated alkanes) is 1. The average molecular weight is 593 g/mol. The van der Waals surface area contributed by atoms with Crippen LogP contribution < -0.4 is 16.4 Å². The number of aromatic nitrogens is 1. The fraction of sp³-hybridized carbons (Fsp3) is 0.367. The molecule has 3 amide bonds. The van der Waals surface area contributed by atoms with E-state index in [0.29, 0.717) is 30.2 Å². The van der Waals surface area contributed by atoms with Crippen molar-refractivity contribution in [3.8, 4) is 0 Å². The monoisotopic (exact) mass is 592 g/mol. The molecule has 1 saturated heterocycles. The van der Waals surface area contributed by atoms with Crippen molar-refractivity contribution in [3.05, 3.63) is 88.3 Å². The topological polar surface area (TPSA) is 131 Å². The molecule has 2 aromatic rings. The minimum absolute atomic E-state index is 0.226. The van der Waals surface area contributed by atoms with E-state index in [9.17, 15) is 9.59 Å². The molecule has 11 nitrogen and oxygen atoms in total. The Kier molecular flexibility index (Phi) is 10.3. The number of anilines is 2. The molecule has 12 heteroatoms. The lowest BCUT2D eigenvalue weighted by atomic mass is 10.0. The summed E-state index contributed by atoms with van der Waals surface area (Å²) in [6.07, 6.45) is 14.1. The summed E-state index contributed by atoms with van der Waals surface area (Å²) in [4.78, 5) is 34.5. The quantitative estimate of drug-likeness (QED) is 0.324. The van der Waals surface area contributed by atoms with E-state index >= 15 is 0 Å². The number of rotatable bonds is 11. The molecule has 42 heavy (non-hydrogen) atoms. The molecule has 0 unspecified atom stereocenters. The molecule has 4 N–H and O–H groups in total. The zero-order valence-electron chi connectivity index (χ0n) is 23.4. The SMILES string of the molecule is Nc1cscc1NC(=O)c1ccc(CN(CCCCN2CCOCC2)C(=O)NC2=COC=C(C3=CC=CCC3)O2)cn1. The lowest BCUT2D eigenvalue weighted by Crippen LogP contribution is -2.41. The summed E-state index contributed by atoms with van der Waals surface area (Å²) in [6.45, 7) is 5.18. The maximum absolute atomic E-state index is 13.5. The first-order valence-electron chi connectivity index (χ1n) is 14.1. The van der Waals surface area contributed by atoms with Gasteiger partial charge in [0.1, 0.15) is 12.0 Å². The summed E-state index contributed by atoms with van der Waals surface area (Å²) in [6, 6.07) is 3.13. The van der Waals surface area contributed by atoms with Gasteiger partial charge in [0.15, 0.2) is 12.0 Å². The Labute approximate surface area is 249 Å². The van der Waals surface area contributed by atoms with Gasteiger partial charge in [-0.3, -0.25) is 20.0 Å². The third-order valence-electron chi connectivity index (χ3n) is 7.04. The second kappa shape index (κ2) is 14.7. The maximum atomic E-state index is 13.5. The molecule has 4 heterocycles. The number of hydrogen-bond acceptors (Lipinski definition) is 9. The highest BCUT2D eigenvalue weighted by Crippen LogP contribution is 2.26. The molecule has 1 aliphatic carbocycles. The van der Waals surface area contributed by atoms with Gasteiger partial charge < -0.3 is 30.2 Å². The first kappa shape index (κ1) is 29.4. The second-order valence-electron chi connectivity index (χ2n) is 10.1. The Morgan fingerprint density at radius 3 is 2.74 bits per heavy atom. The average Bonchev–Trinajstić information content (AvgIpc) is 3.43. The van der Waals surface area contributed by atoms with E-state index in [1.807, 2.05) is 12.2 Å². The number of allylic oxidation sites excluding steroid dienone is 4. The number of hydrogen-bond donors (Lipinski definition) is 3. The van der Waals surface area contributed by atoms with Gasteiger partial charge in [-0.25, -0.2) is 4.79 Å². The Bertz CT molecular complexity index is 1360. The van der Waals surface area contributed by atoms with Crippen molar-refractivity contribution in [2.45, 2.75) is 32.2 Å². The Morgan fingerprint density at radius 1 is 1.12 bits per heavy atom. The van der Waals surface area contributed by atoms with Gasteiger partial charge in [0.2, 0.25) is 5.88 Å². The summed E-state index contributed by atoms with van der Waals surface area (Å²) >= 11 is 1.41. The van der Waals surface area contributed by atoms with E-state index in [0.717, 1.165) is 69.7 Å². The number of carbonyl (C=O) groups is 2. The minimum Gasteiger partial charge on any atom is -0.463 e. The van der Waals surface area contributed by atoms with Crippen molar-refractivity contribution in [2.24, 2.45) is 0 Å². The van der Waals surface area contributed by atoms with E-state index in [2.05, 4.69) is 26.6 Å². The van der Waals surface area contributed by atoms with E-state index in [-0.39, 0.29) is 23.5 Å². The number of nitrogens with one attached hydrogen (secondary N) is 2. The van der Waals surface area contributed by atoms with Crippen molar-refractivity contribution in [1.82, 2.24) is 20.1 Å². The number of urea groups is 1. The molecule has 222 valence electrons. The van der Waals surface area contributed by atoms with Crippen LogP contribution in [-0.4, -0.2) is 66.1 Å². The minimum atomic E-state index is -0.349. The third-order valence-corrected chi connectivity index (χ3v) is 7.81. The van der Waals surface area contributed by atoms with E-state index in [4.69, 9.17) is 19.9 Å². The summed E-state index contributed by atoms with van der Waals surface area (Å²) in [7, 11) is 0. The molecule has 0 bridgehead atoms. The van der Waals surface area contributed by atoms with Crippen LogP contribution in [-0.2, 0) is 20.8 Å². The number of carbonyl (C=O) groups excluding carboxylic acids is 2. The third kappa shape index (κ3) is 8.21. The molecule has 5 rings (SSSR count). The summed E-state index contributed by atoms with van der Waals surface area (Å²) in [5.41, 5.74) is 9.01. The van der Waals surface area contributed by atoms with Crippen LogP contribution in [0.25, 0.3) is 0 Å². The van der Waals surface area contributed by atoms with Crippen molar-refractivity contribution in [2.75, 3.05) is 50.4 Å². The van der Waals surface area contributed by atoms with Crippen molar-refractivity contribution < 1.29 is 23.8 Å². The first-order valence-corrected chi connectivity index (χ1v) is 15.0. The highest BCUT2D eigenvalue weighted by Gasteiger charge is 2.21. The van der Waals surface area contributed by atoms with Crippen LogP contribution in [0.5, 0.6) is 0 Å². The number of morpholine rings is 1. The molecule has 3 aliphatic rings. The number of pyridine rings is 1. The van der Waals surface area contributed by atoms with Crippen molar-refractivity contribution >= 4 is 34.6 Å². The van der Waals surface area contributed by atoms with Crippen molar-refractivity contribution in [3.63, 3.8) is 0 Å². The molecule has 0 radical (unpaired) electrons. The molecule has 0 aromatic carbocycles. The lowest BCUT2D eigenvalue weighted by Gasteiger charge is -2.28. The van der Waals surface area contributed by atoms with Gasteiger partial charge >= 0.3 is 6.03 Å². The van der Waals surface area contributed by atoms with Crippen molar-refractivity contribution in [1.29, 1.82) is 0 Å².